The van der Waals surface area contributed by atoms with Crippen LogP contribution in [0.1, 0.15) is 41.5 Å². The SMILES string of the molecule is O=C(c1ccncc1)N1CCCCC1c1nc2ccccc2[nH]1. The van der Waals surface area contributed by atoms with Crippen LogP contribution in [0.4, 0.5) is 0 Å². The maximum atomic E-state index is 12.9. The van der Waals surface area contributed by atoms with Crippen molar-refractivity contribution in [3.63, 3.8) is 0 Å². The molecule has 2 aromatic heterocycles. The van der Waals surface area contributed by atoms with Gasteiger partial charge in [-0.3, -0.25) is 9.78 Å². The molecule has 1 unspecified atom stereocenters. The fourth-order valence-electron chi connectivity index (χ4n) is 3.25. The van der Waals surface area contributed by atoms with Crippen LogP contribution in [0, 0.1) is 0 Å². The van der Waals surface area contributed by atoms with Crippen LogP contribution in [-0.4, -0.2) is 32.3 Å². The number of H-pyrrole nitrogens is 1. The molecule has 1 atom stereocenters. The molecule has 3 aromatic rings. The number of nitrogens with zero attached hydrogens (tertiary/aromatic N) is 3. The van der Waals surface area contributed by atoms with Crippen LogP contribution in [0.15, 0.2) is 48.8 Å². The Kier molecular flexibility index (Phi) is 3.54. The van der Waals surface area contributed by atoms with E-state index < -0.39 is 0 Å². The van der Waals surface area contributed by atoms with Gasteiger partial charge in [-0.2, -0.15) is 0 Å². The fraction of sp³-hybridized carbons (Fsp3) is 0.278. The number of carbonyl (C=O) groups is 1. The lowest BCUT2D eigenvalue weighted by atomic mass is 10.0. The van der Waals surface area contributed by atoms with E-state index in [0.717, 1.165) is 42.7 Å². The smallest absolute Gasteiger partial charge is 0.254 e. The first kappa shape index (κ1) is 13.9. The van der Waals surface area contributed by atoms with E-state index in [4.69, 9.17) is 4.98 Å². The second kappa shape index (κ2) is 5.83. The van der Waals surface area contributed by atoms with Gasteiger partial charge in [-0.25, -0.2) is 4.98 Å². The number of fused-ring (bicyclic) bond motifs is 1. The standard InChI is InChI=1S/C18H18N4O/c23-18(13-8-10-19-11-9-13)22-12-4-3-7-16(22)17-20-14-5-1-2-6-15(14)21-17/h1-2,5-6,8-11,16H,3-4,7,12H2,(H,20,21). The highest BCUT2D eigenvalue weighted by molar-refractivity contribution is 5.94. The summed E-state index contributed by atoms with van der Waals surface area (Å²) in [6.07, 6.45) is 6.41. The average molecular weight is 306 g/mol. The summed E-state index contributed by atoms with van der Waals surface area (Å²) in [4.78, 5) is 26.9. The molecule has 5 nitrogen and oxygen atoms in total. The Morgan fingerprint density at radius 1 is 1.13 bits per heavy atom. The van der Waals surface area contributed by atoms with E-state index in [1.54, 1.807) is 24.5 Å². The van der Waals surface area contributed by atoms with Crippen molar-refractivity contribution in [3.8, 4) is 0 Å². The molecule has 0 spiro atoms. The van der Waals surface area contributed by atoms with Crippen molar-refractivity contribution in [3.05, 3.63) is 60.2 Å². The third-order valence-corrected chi connectivity index (χ3v) is 4.41. The normalized spacial score (nSPS) is 18.3. The molecule has 1 aliphatic heterocycles. The van der Waals surface area contributed by atoms with Gasteiger partial charge >= 0.3 is 0 Å². The van der Waals surface area contributed by atoms with Gasteiger partial charge in [-0.1, -0.05) is 12.1 Å². The number of imidazole rings is 1. The monoisotopic (exact) mass is 306 g/mol. The summed E-state index contributed by atoms with van der Waals surface area (Å²) in [6, 6.07) is 11.5. The maximum absolute atomic E-state index is 12.9. The lowest BCUT2D eigenvalue weighted by Gasteiger charge is -2.34. The number of aromatic nitrogens is 3. The Morgan fingerprint density at radius 3 is 2.78 bits per heavy atom. The molecule has 3 heterocycles. The van der Waals surface area contributed by atoms with Crippen molar-refractivity contribution >= 4 is 16.9 Å². The van der Waals surface area contributed by atoms with Crippen LogP contribution < -0.4 is 0 Å². The minimum absolute atomic E-state index is 0.0109. The number of benzene rings is 1. The van der Waals surface area contributed by atoms with Gasteiger partial charge in [0.2, 0.25) is 0 Å². The lowest BCUT2D eigenvalue weighted by molar-refractivity contribution is 0.0601. The highest BCUT2D eigenvalue weighted by Crippen LogP contribution is 2.31. The van der Waals surface area contributed by atoms with Crippen LogP contribution in [0.3, 0.4) is 0 Å². The van der Waals surface area contributed by atoms with Gasteiger partial charge in [0, 0.05) is 24.5 Å². The third kappa shape index (κ3) is 2.59. The lowest BCUT2D eigenvalue weighted by Crippen LogP contribution is -2.39. The molecular formula is C18H18N4O. The van der Waals surface area contributed by atoms with Crippen molar-refractivity contribution in [2.75, 3.05) is 6.54 Å². The molecule has 0 aliphatic carbocycles. The second-order valence-corrected chi connectivity index (χ2v) is 5.89. The minimum Gasteiger partial charge on any atom is -0.340 e. The van der Waals surface area contributed by atoms with Gasteiger partial charge in [0.05, 0.1) is 17.1 Å². The molecule has 1 N–H and O–H groups in total. The van der Waals surface area contributed by atoms with Crippen molar-refractivity contribution in [2.45, 2.75) is 25.3 Å². The molecule has 4 rings (SSSR count). The van der Waals surface area contributed by atoms with Gasteiger partial charge in [0.15, 0.2) is 0 Å². The zero-order valence-corrected chi connectivity index (χ0v) is 12.8. The highest BCUT2D eigenvalue weighted by Gasteiger charge is 2.30. The number of rotatable bonds is 2. The molecule has 1 amide bonds. The van der Waals surface area contributed by atoms with Crippen LogP contribution in [-0.2, 0) is 0 Å². The molecule has 1 aliphatic rings. The van der Waals surface area contributed by atoms with E-state index in [2.05, 4.69) is 9.97 Å². The van der Waals surface area contributed by atoms with E-state index in [1.807, 2.05) is 29.2 Å². The summed E-state index contributed by atoms with van der Waals surface area (Å²) in [7, 11) is 0. The van der Waals surface area contributed by atoms with Crippen LogP contribution in [0.5, 0.6) is 0 Å². The topological polar surface area (TPSA) is 61.9 Å². The minimum atomic E-state index is 0.0109. The van der Waals surface area contributed by atoms with Crippen LogP contribution >= 0.6 is 0 Å². The molecule has 5 heteroatoms. The molecular weight excluding hydrogens is 288 g/mol. The Balaban J connectivity index is 1.69. The zero-order chi connectivity index (χ0) is 15.6. The van der Waals surface area contributed by atoms with Crippen molar-refractivity contribution in [1.29, 1.82) is 0 Å². The Hall–Kier alpha value is -2.69. The number of para-hydroxylation sites is 2. The van der Waals surface area contributed by atoms with Crippen LogP contribution in [0.25, 0.3) is 11.0 Å². The predicted molar refractivity (Wildman–Crippen MR) is 88.0 cm³/mol. The molecule has 0 radical (unpaired) electrons. The molecule has 0 bridgehead atoms. The van der Waals surface area contributed by atoms with Crippen molar-refractivity contribution in [2.24, 2.45) is 0 Å². The van der Waals surface area contributed by atoms with E-state index in [0.29, 0.717) is 5.56 Å². The molecule has 1 aromatic carbocycles. The second-order valence-electron chi connectivity index (χ2n) is 5.89. The number of pyridine rings is 1. The third-order valence-electron chi connectivity index (χ3n) is 4.41. The number of hydrogen-bond acceptors (Lipinski definition) is 3. The Bertz CT molecular complexity index is 794. The van der Waals surface area contributed by atoms with Gasteiger partial charge in [-0.05, 0) is 43.5 Å². The van der Waals surface area contributed by atoms with E-state index in [9.17, 15) is 4.79 Å². The molecule has 23 heavy (non-hydrogen) atoms. The van der Waals surface area contributed by atoms with E-state index >= 15 is 0 Å². The molecule has 1 fully saturated rings. The summed E-state index contributed by atoms with van der Waals surface area (Å²) in [6.45, 7) is 0.767. The molecule has 0 saturated carbocycles. The first-order valence-corrected chi connectivity index (χ1v) is 7.98. The quantitative estimate of drug-likeness (QED) is 0.790. The number of hydrogen-bond donors (Lipinski definition) is 1. The van der Waals surface area contributed by atoms with Crippen LogP contribution in [0.2, 0.25) is 0 Å². The number of aromatic amines is 1. The van der Waals surface area contributed by atoms with Gasteiger partial charge in [-0.15, -0.1) is 0 Å². The summed E-state index contributed by atoms with van der Waals surface area (Å²) in [5, 5.41) is 0. The molecule has 1 saturated heterocycles. The van der Waals surface area contributed by atoms with Gasteiger partial charge < -0.3 is 9.88 Å². The van der Waals surface area contributed by atoms with E-state index in [1.165, 1.54) is 0 Å². The summed E-state index contributed by atoms with van der Waals surface area (Å²) in [5.41, 5.74) is 2.65. The Labute approximate surface area is 134 Å². The maximum Gasteiger partial charge on any atom is 0.254 e. The van der Waals surface area contributed by atoms with E-state index in [-0.39, 0.29) is 11.9 Å². The predicted octanol–water partition coefficient (Wildman–Crippen LogP) is 3.33. The fourth-order valence-corrected chi connectivity index (χ4v) is 3.25. The number of nitrogens with one attached hydrogen (secondary N) is 1. The summed E-state index contributed by atoms with van der Waals surface area (Å²) >= 11 is 0. The van der Waals surface area contributed by atoms with Crippen molar-refractivity contribution in [1.82, 2.24) is 19.9 Å². The summed E-state index contributed by atoms with van der Waals surface area (Å²) in [5.74, 6) is 0.936. The number of piperidine rings is 1. The first-order valence-electron chi connectivity index (χ1n) is 7.98. The highest BCUT2D eigenvalue weighted by atomic mass is 16.2. The Morgan fingerprint density at radius 2 is 1.96 bits per heavy atom. The van der Waals surface area contributed by atoms with Gasteiger partial charge in [0.25, 0.3) is 5.91 Å². The van der Waals surface area contributed by atoms with Crippen molar-refractivity contribution < 1.29 is 4.79 Å². The average Bonchev–Trinajstić information content (AvgIpc) is 3.06. The summed E-state index contributed by atoms with van der Waals surface area (Å²) < 4.78 is 0. The molecule has 116 valence electrons. The first-order chi connectivity index (χ1) is 11.3. The number of carbonyl (C=O) groups excluding carboxylic acids is 1. The number of amides is 1. The van der Waals surface area contributed by atoms with Gasteiger partial charge in [0.1, 0.15) is 5.82 Å². The largest absolute Gasteiger partial charge is 0.340 e. The number of likely N-dealkylation sites (tertiary alicyclic amines) is 1. The zero-order valence-electron chi connectivity index (χ0n) is 12.8.